The van der Waals surface area contributed by atoms with Crippen molar-refractivity contribution in [3.05, 3.63) is 65.5 Å². The summed E-state index contributed by atoms with van der Waals surface area (Å²) in [6, 6.07) is 12.1. The van der Waals surface area contributed by atoms with Crippen LogP contribution in [0.5, 0.6) is 0 Å². The summed E-state index contributed by atoms with van der Waals surface area (Å²) in [7, 11) is -3.92. The van der Waals surface area contributed by atoms with Crippen molar-refractivity contribution in [1.29, 1.82) is 0 Å². The number of rotatable bonds is 6. The first kappa shape index (κ1) is 16.2. The van der Waals surface area contributed by atoms with Crippen LogP contribution < -0.4 is 5.09 Å². The number of hydrogen-bond acceptors (Lipinski definition) is 2. The molecule has 3 N–H and O–H groups in total. The monoisotopic (exact) mass is 323 g/mol. The van der Waals surface area contributed by atoms with Crippen molar-refractivity contribution < 1.29 is 23.7 Å². The van der Waals surface area contributed by atoms with Crippen molar-refractivity contribution in [2.24, 2.45) is 0 Å². The molecule has 0 radical (unpaired) electrons. The van der Waals surface area contributed by atoms with Gasteiger partial charge in [-0.2, -0.15) is 0 Å². The molecular formula is C15H15FNO4P. The highest BCUT2D eigenvalue weighted by Gasteiger charge is 2.22. The van der Waals surface area contributed by atoms with Gasteiger partial charge >= 0.3 is 5.97 Å². The molecule has 0 aliphatic rings. The molecule has 1 atom stereocenters. The van der Waals surface area contributed by atoms with Gasteiger partial charge in [0, 0.05) is 5.69 Å². The van der Waals surface area contributed by atoms with E-state index >= 15 is 0 Å². The lowest BCUT2D eigenvalue weighted by Gasteiger charge is -2.17. The Hall–Kier alpha value is -2.17. The highest BCUT2D eigenvalue weighted by molar-refractivity contribution is 7.58. The molecule has 0 amide bonds. The van der Waals surface area contributed by atoms with Crippen LogP contribution in [-0.4, -0.2) is 16.0 Å². The van der Waals surface area contributed by atoms with Crippen LogP contribution in [0.15, 0.2) is 48.5 Å². The molecule has 2 rings (SSSR count). The van der Waals surface area contributed by atoms with E-state index in [9.17, 15) is 18.6 Å². The van der Waals surface area contributed by atoms with E-state index in [4.69, 9.17) is 5.11 Å². The van der Waals surface area contributed by atoms with Crippen molar-refractivity contribution in [2.45, 2.75) is 12.6 Å². The smallest absolute Gasteiger partial charge is 0.307 e. The summed E-state index contributed by atoms with van der Waals surface area (Å²) < 4.78 is 25.8. The molecule has 0 saturated heterocycles. The summed E-state index contributed by atoms with van der Waals surface area (Å²) >= 11 is 0. The van der Waals surface area contributed by atoms with Crippen molar-refractivity contribution in [1.82, 2.24) is 0 Å². The Balaban J connectivity index is 2.20. The zero-order valence-electron chi connectivity index (χ0n) is 11.6. The molecule has 0 aliphatic carbocycles. The third-order valence-corrected chi connectivity index (χ3v) is 4.36. The lowest BCUT2D eigenvalue weighted by Crippen LogP contribution is -2.06. The molecule has 22 heavy (non-hydrogen) atoms. The molecular weight excluding hydrogens is 308 g/mol. The van der Waals surface area contributed by atoms with E-state index in [0.717, 1.165) is 0 Å². The molecule has 0 aromatic heterocycles. The number of anilines is 1. The predicted molar refractivity (Wildman–Crippen MR) is 81.3 cm³/mol. The largest absolute Gasteiger partial charge is 0.481 e. The van der Waals surface area contributed by atoms with E-state index in [0.29, 0.717) is 5.56 Å². The zero-order chi connectivity index (χ0) is 16.2. The molecule has 0 aliphatic heterocycles. The minimum absolute atomic E-state index is 0.122. The summed E-state index contributed by atoms with van der Waals surface area (Å²) in [6.07, 6.45) is -0.663. The number of para-hydroxylation sites is 1. The lowest BCUT2D eigenvalue weighted by molar-refractivity contribution is -0.136. The van der Waals surface area contributed by atoms with Gasteiger partial charge in [0.1, 0.15) is 5.82 Å². The van der Waals surface area contributed by atoms with Gasteiger partial charge in [-0.1, -0.05) is 36.4 Å². The molecule has 2 aromatic rings. The van der Waals surface area contributed by atoms with Crippen LogP contribution in [0.4, 0.5) is 10.1 Å². The van der Waals surface area contributed by atoms with Crippen molar-refractivity contribution in [2.75, 3.05) is 5.09 Å². The first-order chi connectivity index (χ1) is 10.4. The Morgan fingerprint density at radius 2 is 1.68 bits per heavy atom. The van der Waals surface area contributed by atoms with Crippen molar-refractivity contribution in [3.63, 3.8) is 0 Å². The summed E-state index contributed by atoms with van der Waals surface area (Å²) in [6.45, 7) is 0. The second-order valence-electron chi connectivity index (χ2n) is 4.79. The fraction of sp³-hybridized carbons (Fsp3) is 0.133. The van der Waals surface area contributed by atoms with Gasteiger partial charge in [-0.05, 0) is 23.3 Å². The Bertz CT molecular complexity index is 735. The summed E-state index contributed by atoms with van der Waals surface area (Å²) in [5.74, 6) is -1.60. The molecule has 116 valence electrons. The van der Waals surface area contributed by atoms with Crippen molar-refractivity contribution >= 4 is 19.2 Å². The van der Waals surface area contributed by atoms with Crippen LogP contribution in [0.1, 0.15) is 11.1 Å². The van der Waals surface area contributed by atoms with Gasteiger partial charge in [0.2, 0.25) is 0 Å². The van der Waals surface area contributed by atoms with E-state index in [1.165, 1.54) is 24.3 Å². The molecule has 0 saturated carbocycles. The lowest BCUT2D eigenvalue weighted by atomic mass is 10.1. The molecule has 7 heteroatoms. The van der Waals surface area contributed by atoms with Crippen LogP contribution in [0.2, 0.25) is 0 Å². The summed E-state index contributed by atoms with van der Waals surface area (Å²) in [5.41, 5.74) is 0.765. The number of aliphatic carboxylic acids is 1. The van der Waals surface area contributed by atoms with E-state index in [1.54, 1.807) is 24.3 Å². The minimum Gasteiger partial charge on any atom is -0.481 e. The molecule has 1 unspecified atom stereocenters. The minimum atomic E-state index is -3.92. The van der Waals surface area contributed by atoms with Crippen LogP contribution in [-0.2, 0) is 21.9 Å². The molecule has 5 nitrogen and oxygen atoms in total. The van der Waals surface area contributed by atoms with Gasteiger partial charge in [-0.25, -0.2) is 4.39 Å². The van der Waals surface area contributed by atoms with Gasteiger partial charge in [-0.3, -0.25) is 9.36 Å². The Morgan fingerprint density at radius 1 is 1.09 bits per heavy atom. The number of carboxylic acids is 1. The van der Waals surface area contributed by atoms with Crippen LogP contribution >= 0.6 is 7.52 Å². The van der Waals surface area contributed by atoms with E-state index in [1.807, 2.05) is 0 Å². The highest BCUT2D eigenvalue weighted by Crippen LogP contribution is 2.45. The molecule has 0 spiro atoms. The first-order valence-electron chi connectivity index (χ1n) is 6.50. The summed E-state index contributed by atoms with van der Waals surface area (Å²) in [4.78, 5) is 20.8. The fourth-order valence-corrected chi connectivity index (χ4v) is 3.42. The number of halogens is 1. The molecule has 2 aromatic carbocycles. The van der Waals surface area contributed by atoms with Gasteiger partial charge in [0.25, 0.3) is 7.52 Å². The highest BCUT2D eigenvalue weighted by atomic mass is 31.2. The van der Waals surface area contributed by atoms with Gasteiger partial charge in [0.15, 0.2) is 0 Å². The Labute approximate surface area is 126 Å². The SMILES string of the molecule is O=C(O)Cc1ccccc1NP(=O)(O)Cc1ccccc1F. The summed E-state index contributed by atoms with van der Waals surface area (Å²) in [5, 5.41) is 11.3. The van der Waals surface area contributed by atoms with E-state index < -0.39 is 19.3 Å². The topological polar surface area (TPSA) is 86.6 Å². The average molecular weight is 323 g/mol. The van der Waals surface area contributed by atoms with Gasteiger partial charge in [0.05, 0.1) is 12.6 Å². The maximum Gasteiger partial charge on any atom is 0.307 e. The molecule has 0 heterocycles. The molecule has 0 fully saturated rings. The number of hydrogen-bond donors (Lipinski definition) is 3. The van der Waals surface area contributed by atoms with Crippen molar-refractivity contribution in [3.8, 4) is 0 Å². The Kier molecular flexibility index (Phi) is 4.96. The van der Waals surface area contributed by atoms with Gasteiger partial charge in [-0.15, -0.1) is 0 Å². The number of carboxylic acid groups (broad SMARTS) is 1. The van der Waals surface area contributed by atoms with Crippen LogP contribution in [0.3, 0.4) is 0 Å². The third-order valence-electron chi connectivity index (χ3n) is 3.00. The first-order valence-corrected chi connectivity index (χ1v) is 8.35. The number of nitrogens with one attached hydrogen (secondary N) is 1. The molecule has 0 bridgehead atoms. The average Bonchev–Trinajstić information content (AvgIpc) is 2.42. The maximum atomic E-state index is 13.6. The normalized spacial score (nSPS) is 13.4. The predicted octanol–water partition coefficient (Wildman–Crippen LogP) is 3.25. The van der Waals surface area contributed by atoms with E-state index in [2.05, 4.69) is 5.09 Å². The fourth-order valence-electron chi connectivity index (χ4n) is 2.03. The standard InChI is InChI=1S/C15H15FNO4P/c16-13-7-3-1-6-12(13)10-22(20,21)17-14-8-4-2-5-11(14)9-15(18)19/h1-8H,9-10H2,(H,18,19)(H2,17,20,21). The quantitative estimate of drug-likeness (QED) is 0.710. The van der Waals surface area contributed by atoms with Crippen LogP contribution in [0, 0.1) is 5.82 Å². The van der Waals surface area contributed by atoms with Crippen LogP contribution in [0.25, 0.3) is 0 Å². The Morgan fingerprint density at radius 3 is 2.32 bits per heavy atom. The zero-order valence-corrected chi connectivity index (χ0v) is 12.5. The number of carbonyl (C=O) groups is 1. The van der Waals surface area contributed by atoms with E-state index in [-0.39, 0.29) is 23.8 Å². The second kappa shape index (κ2) is 6.73. The van der Waals surface area contributed by atoms with Gasteiger partial charge < -0.3 is 15.1 Å². The second-order valence-corrected chi connectivity index (χ2v) is 6.73. The number of benzene rings is 2. The third kappa shape index (κ3) is 4.41. The maximum absolute atomic E-state index is 13.6.